The molecule has 0 radical (unpaired) electrons. The Morgan fingerprint density at radius 2 is 1.85 bits per heavy atom. The van der Waals surface area contributed by atoms with Crippen LogP contribution in [-0.4, -0.2) is 7.11 Å². The van der Waals surface area contributed by atoms with Crippen LogP contribution in [0.4, 0.5) is 4.39 Å². The minimum absolute atomic E-state index is 0.253. The third-order valence-electron chi connectivity index (χ3n) is 1.48. The molecule has 0 unspecified atom stereocenters. The van der Waals surface area contributed by atoms with Crippen LogP contribution in [0.2, 0.25) is 0 Å². The van der Waals surface area contributed by atoms with Gasteiger partial charge in [-0.3, -0.25) is 0 Å². The maximum atomic E-state index is 12.9. The summed E-state index contributed by atoms with van der Waals surface area (Å²) >= 11 is 3.17. The van der Waals surface area contributed by atoms with E-state index in [2.05, 4.69) is 15.9 Å². The van der Waals surface area contributed by atoms with Crippen molar-refractivity contribution in [2.45, 2.75) is 20.8 Å². The highest BCUT2D eigenvalue weighted by Gasteiger charge is 2.04. The zero-order chi connectivity index (χ0) is 10.4. The Kier molecular flexibility index (Phi) is 5.71. The van der Waals surface area contributed by atoms with Crippen molar-refractivity contribution in [3.8, 4) is 5.75 Å². The van der Waals surface area contributed by atoms with Gasteiger partial charge in [0.2, 0.25) is 0 Å². The van der Waals surface area contributed by atoms with Crippen LogP contribution in [0.5, 0.6) is 5.75 Å². The van der Waals surface area contributed by atoms with Crippen LogP contribution in [0.1, 0.15) is 19.4 Å². The second kappa shape index (κ2) is 5.97. The van der Waals surface area contributed by atoms with Gasteiger partial charge < -0.3 is 4.74 Å². The Morgan fingerprint density at radius 3 is 2.31 bits per heavy atom. The van der Waals surface area contributed by atoms with Crippen LogP contribution >= 0.6 is 15.9 Å². The van der Waals surface area contributed by atoms with Crippen LogP contribution in [0.25, 0.3) is 0 Å². The van der Waals surface area contributed by atoms with Crippen molar-refractivity contribution in [2.75, 3.05) is 7.11 Å². The average molecular weight is 249 g/mol. The van der Waals surface area contributed by atoms with Crippen molar-refractivity contribution >= 4 is 15.9 Å². The molecule has 0 saturated carbocycles. The lowest BCUT2D eigenvalue weighted by molar-refractivity contribution is 0.407. The number of ether oxygens (including phenoxy) is 1. The van der Waals surface area contributed by atoms with E-state index in [4.69, 9.17) is 4.74 Å². The molecule has 0 heterocycles. The van der Waals surface area contributed by atoms with Gasteiger partial charge in [-0.25, -0.2) is 4.39 Å². The normalized spacial score (nSPS) is 8.77. The molecule has 1 nitrogen and oxygen atoms in total. The molecule has 0 bridgehead atoms. The van der Waals surface area contributed by atoms with Crippen molar-refractivity contribution in [3.05, 3.63) is 28.0 Å². The number of rotatable bonds is 1. The van der Waals surface area contributed by atoms with E-state index in [0.29, 0.717) is 15.8 Å². The molecule has 1 aromatic carbocycles. The van der Waals surface area contributed by atoms with E-state index >= 15 is 0 Å². The minimum Gasteiger partial charge on any atom is -0.496 e. The topological polar surface area (TPSA) is 9.23 Å². The number of hydrogen-bond donors (Lipinski definition) is 0. The highest BCUT2D eigenvalue weighted by atomic mass is 79.9. The van der Waals surface area contributed by atoms with Gasteiger partial charge in [0.25, 0.3) is 0 Å². The fourth-order valence-electron chi connectivity index (χ4n) is 0.834. The van der Waals surface area contributed by atoms with Gasteiger partial charge in [0.15, 0.2) is 0 Å². The first-order valence-electron chi connectivity index (χ1n) is 4.15. The molecule has 3 heteroatoms. The maximum absolute atomic E-state index is 12.9. The molecule has 0 N–H and O–H groups in total. The van der Waals surface area contributed by atoms with Gasteiger partial charge in [-0.2, -0.15) is 0 Å². The summed E-state index contributed by atoms with van der Waals surface area (Å²) < 4.78 is 18.5. The quantitative estimate of drug-likeness (QED) is 0.732. The summed E-state index contributed by atoms with van der Waals surface area (Å²) in [6, 6.07) is 3.15. The number of hydrogen-bond acceptors (Lipinski definition) is 1. The third-order valence-corrected chi connectivity index (χ3v) is 1.94. The monoisotopic (exact) mass is 248 g/mol. The summed E-state index contributed by atoms with van der Waals surface area (Å²) in [5.41, 5.74) is 0.538. The van der Waals surface area contributed by atoms with Gasteiger partial charge in [-0.05, 0) is 19.1 Å². The smallest absolute Gasteiger partial charge is 0.130 e. The molecule has 0 saturated heterocycles. The van der Waals surface area contributed by atoms with E-state index in [9.17, 15) is 4.39 Å². The van der Waals surface area contributed by atoms with Crippen molar-refractivity contribution in [1.29, 1.82) is 0 Å². The first kappa shape index (κ1) is 12.4. The minimum atomic E-state index is -0.253. The lowest BCUT2D eigenvalue weighted by Gasteiger charge is -2.05. The summed E-state index contributed by atoms with van der Waals surface area (Å²) in [6.45, 7) is 5.68. The van der Waals surface area contributed by atoms with Crippen LogP contribution in [0.15, 0.2) is 16.6 Å². The van der Waals surface area contributed by atoms with Crippen molar-refractivity contribution < 1.29 is 9.13 Å². The highest BCUT2D eigenvalue weighted by Crippen LogP contribution is 2.25. The van der Waals surface area contributed by atoms with Crippen molar-refractivity contribution in [1.82, 2.24) is 0 Å². The molecule has 0 atom stereocenters. The van der Waals surface area contributed by atoms with E-state index in [1.807, 2.05) is 13.8 Å². The summed E-state index contributed by atoms with van der Waals surface area (Å²) in [7, 11) is 1.52. The Morgan fingerprint density at radius 1 is 1.31 bits per heavy atom. The maximum Gasteiger partial charge on any atom is 0.130 e. The first-order chi connectivity index (χ1) is 6.15. The van der Waals surface area contributed by atoms with Crippen molar-refractivity contribution in [2.24, 2.45) is 0 Å². The summed E-state index contributed by atoms with van der Waals surface area (Å²) in [5, 5.41) is 0. The Bertz CT molecular complexity index is 274. The van der Waals surface area contributed by atoms with Crippen LogP contribution in [-0.2, 0) is 0 Å². The van der Waals surface area contributed by atoms with Crippen LogP contribution in [0.3, 0.4) is 0 Å². The zero-order valence-corrected chi connectivity index (χ0v) is 9.90. The second-order valence-corrected chi connectivity index (χ2v) is 3.13. The summed E-state index contributed by atoms with van der Waals surface area (Å²) in [4.78, 5) is 0. The lowest BCUT2D eigenvalue weighted by atomic mass is 10.2. The molecule has 0 aromatic heterocycles. The lowest BCUT2D eigenvalue weighted by Crippen LogP contribution is -1.90. The van der Waals surface area contributed by atoms with E-state index in [-0.39, 0.29) is 5.82 Å². The second-order valence-electron chi connectivity index (χ2n) is 2.21. The fourth-order valence-corrected chi connectivity index (χ4v) is 1.24. The third kappa shape index (κ3) is 3.35. The molecule has 74 valence electrons. The van der Waals surface area contributed by atoms with Gasteiger partial charge in [0.1, 0.15) is 11.6 Å². The predicted molar refractivity (Wildman–Crippen MR) is 56.7 cm³/mol. The fraction of sp³-hybridized carbons (Fsp3) is 0.400. The van der Waals surface area contributed by atoms with Gasteiger partial charge >= 0.3 is 0 Å². The molecule has 13 heavy (non-hydrogen) atoms. The van der Waals surface area contributed by atoms with Crippen LogP contribution in [0, 0.1) is 12.7 Å². The van der Waals surface area contributed by atoms with Crippen molar-refractivity contribution in [3.63, 3.8) is 0 Å². The van der Waals surface area contributed by atoms with Gasteiger partial charge in [0.05, 0.1) is 7.11 Å². The Balaban J connectivity index is 0.000000671. The zero-order valence-electron chi connectivity index (χ0n) is 8.32. The number of halogens is 2. The standard InChI is InChI=1S/C8H8BrFO.C2H6/c1-5-7(10)3-6(9)4-8(5)11-2;1-2/h3-4H,1-2H3;1-2H3. The molecular formula is C10H14BrFO. The van der Waals surface area contributed by atoms with Crippen LogP contribution < -0.4 is 4.74 Å². The van der Waals surface area contributed by atoms with E-state index in [0.717, 1.165) is 0 Å². The predicted octanol–water partition coefficient (Wildman–Crippen LogP) is 3.93. The molecule has 1 rings (SSSR count). The number of benzene rings is 1. The van der Waals surface area contributed by atoms with E-state index in [1.165, 1.54) is 13.2 Å². The molecule has 0 spiro atoms. The molecular weight excluding hydrogens is 235 g/mol. The first-order valence-corrected chi connectivity index (χ1v) is 4.94. The molecule has 0 aliphatic heterocycles. The van der Waals surface area contributed by atoms with E-state index < -0.39 is 0 Å². The van der Waals surface area contributed by atoms with E-state index in [1.54, 1.807) is 13.0 Å². The summed E-state index contributed by atoms with van der Waals surface area (Å²) in [6.07, 6.45) is 0. The van der Waals surface area contributed by atoms with Gasteiger partial charge in [0, 0.05) is 10.0 Å². The molecule has 0 aliphatic rings. The molecule has 0 amide bonds. The molecule has 0 aliphatic carbocycles. The Labute approximate surface area is 87.0 Å². The highest BCUT2D eigenvalue weighted by molar-refractivity contribution is 9.10. The van der Waals surface area contributed by atoms with Gasteiger partial charge in [-0.1, -0.05) is 29.8 Å². The average Bonchev–Trinajstić information content (AvgIpc) is 2.14. The summed E-state index contributed by atoms with van der Waals surface area (Å²) in [5.74, 6) is 0.313. The van der Waals surface area contributed by atoms with Gasteiger partial charge in [-0.15, -0.1) is 0 Å². The number of methoxy groups -OCH3 is 1. The molecule has 1 aromatic rings. The Hall–Kier alpha value is -0.570. The molecule has 0 fully saturated rings. The SMILES string of the molecule is CC.COc1cc(Br)cc(F)c1C. The largest absolute Gasteiger partial charge is 0.496 e.